The maximum absolute atomic E-state index is 11.6. The van der Waals surface area contributed by atoms with Crippen LogP contribution in [0.5, 0.6) is 0 Å². The Labute approximate surface area is 88.9 Å². The summed E-state index contributed by atoms with van der Waals surface area (Å²) in [5, 5.41) is 1.40. The first-order valence-corrected chi connectivity index (χ1v) is 7.09. The molecular formula is C9H15NO2S2. The molecule has 0 spiro atoms. The smallest absolute Gasteiger partial charge is 0.154 e. The van der Waals surface area contributed by atoms with Crippen LogP contribution in [0.3, 0.4) is 0 Å². The zero-order valence-electron chi connectivity index (χ0n) is 8.30. The van der Waals surface area contributed by atoms with E-state index in [1.165, 1.54) is 11.3 Å². The largest absolute Gasteiger partial charge is 0.322 e. The zero-order valence-corrected chi connectivity index (χ0v) is 9.94. The molecule has 2 atom stereocenters. The van der Waals surface area contributed by atoms with E-state index in [2.05, 4.69) is 0 Å². The van der Waals surface area contributed by atoms with Crippen LogP contribution in [0.4, 0.5) is 0 Å². The number of thiophene rings is 1. The van der Waals surface area contributed by atoms with Gasteiger partial charge in [0.1, 0.15) is 0 Å². The van der Waals surface area contributed by atoms with E-state index in [4.69, 9.17) is 5.73 Å². The number of sulfone groups is 1. The molecule has 0 amide bonds. The predicted octanol–water partition coefficient (Wildman–Crippen LogP) is 1.57. The van der Waals surface area contributed by atoms with E-state index in [1.54, 1.807) is 13.8 Å². The van der Waals surface area contributed by atoms with Crippen LogP contribution in [-0.4, -0.2) is 19.4 Å². The van der Waals surface area contributed by atoms with Crippen molar-refractivity contribution in [1.29, 1.82) is 0 Å². The molecule has 0 bridgehead atoms. The molecule has 80 valence electrons. The molecule has 0 aliphatic heterocycles. The van der Waals surface area contributed by atoms with Crippen molar-refractivity contribution in [3.05, 3.63) is 22.4 Å². The van der Waals surface area contributed by atoms with Crippen LogP contribution >= 0.6 is 11.3 Å². The van der Waals surface area contributed by atoms with Crippen molar-refractivity contribution in [1.82, 2.24) is 0 Å². The van der Waals surface area contributed by atoms with Crippen LogP contribution in [0, 0.1) is 0 Å². The molecule has 5 heteroatoms. The predicted molar refractivity (Wildman–Crippen MR) is 60.2 cm³/mol. The lowest BCUT2D eigenvalue weighted by atomic mass is 10.2. The highest BCUT2D eigenvalue weighted by Crippen LogP contribution is 2.23. The number of nitrogens with two attached hydrogens (primary N) is 1. The highest BCUT2D eigenvalue weighted by atomic mass is 32.2. The molecule has 0 saturated heterocycles. The summed E-state index contributed by atoms with van der Waals surface area (Å²) < 4.78 is 23.1. The molecule has 2 unspecified atom stereocenters. The zero-order chi connectivity index (χ0) is 10.8. The molecule has 0 radical (unpaired) electrons. The van der Waals surface area contributed by atoms with E-state index >= 15 is 0 Å². The van der Waals surface area contributed by atoms with Gasteiger partial charge in [0.25, 0.3) is 0 Å². The van der Waals surface area contributed by atoms with E-state index in [-0.39, 0.29) is 5.75 Å². The van der Waals surface area contributed by atoms with Gasteiger partial charge in [-0.15, -0.1) is 11.3 Å². The van der Waals surface area contributed by atoms with E-state index in [9.17, 15) is 8.42 Å². The molecule has 0 aliphatic carbocycles. The summed E-state index contributed by atoms with van der Waals surface area (Å²) in [4.78, 5) is 0.925. The van der Waals surface area contributed by atoms with Crippen molar-refractivity contribution >= 4 is 21.2 Å². The Bertz CT molecular complexity index is 370. The van der Waals surface area contributed by atoms with Gasteiger partial charge in [0.15, 0.2) is 9.84 Å². The molecule has 1 rings (SSSR count). The Kier molecular flexibility index (Phi) is 3.69. The SMILES string of the molecule is CCS(=O)(=O)C(C)C(N)c1cccs1. The molecule has 0 aromatic carbocycles. The van der Waals surface area contributed by atoms with E-state index in [1.807, 2.05) is 17.5 Å². The summed E-state index contributed by atoms with van der Waals surface area (Å²) in [5.41, 5.74) is 5.88. The van der Waals surface area contributed by atoms with Crippen LogP contribution in [0.2, 0.25) is 0 Å². The van der Waals surface area contributed by atoms with Crippen molar-refractivity contribution in [2.24, 2.45) is 5.73 Å². The van der Waals surface area contributed by atoms with Gasteiger partial charge >= 0.3 is 0 Å². The summed E-state index contributed by atoms with van der Waals surface area (Å²) in [7, 11) is -3.04. The van der Waals surface area contributed by atoms with Gasteiger partial charge < -0.3 is 5.73 Å². The lowest BCUT2D eigenvalue weighted by Gasteiger charge is -2.18. The quantitative estimate of drug-likeness (QED) is 0.858. The fourth-order valence-electron chi connectivity index (χ4n) is 1.20. The van der Waals surface area contributed by atoms with Gasteiger partial charge in [0.2, 0.25) is 0 Å². The van der Waals surface area contributed by atoms with Crippen LogP contribution < -0.4 is 5.73 Å². The minimum absolute atomic E-state index is 0.146. The summed E-state index contributed by atoms with van der Waals surface area (Å²) >= 11 is 1.50. The summed E-state index contributed by atoms with van der Waals surface area (Å²) in [6.07, 6.45) is 0. The van der Waals surface area contributed by atoms with Gasteiger partial charge in [0.05, 0.1) is 11.3 Å². The van der Waals surface area contributed by atoms with Gasteiger partial charge in [-0.1, -0.05) is 13.0 Å². The average Bonchev–Trinajstić information content (AvgIpc) is 2.68. The lowest BCUT2D eigenvalue weighted by Crippen LogP contribution is -2.31. The van der Waals surface area contributed by atoms with Crippen molar-refractivity contribution in [3.63, 3.8) is 0 Å². The third-order valence-corrected chi connectivity index (χ3v) is 5.55. The number of rotatable bonds is 4. The van der Waals surface area contributed by atoms with Gasteiger partial charge in [-0.05, 0) is 18.4 Å². The molecular weight excluding hydrogens is 218 g/mol. The molecule has 0 fully saturated rings. The average molecular weight is 233 g/mol. The lowest BCUT2D eigenvalue weighted by molar-refractivity contribution is 0.568. The first-order valence-electron chi connectivity index (χ1n) is 4.49. The number of hydrogen-bond donors (Lipinski definition) is 1. The summed E-state index contributed by atoms with van der Waals surface area (Å²) in [6, 6.07) is 3.35. The van der Waals surface area contributed by atoms with Gasteiger partial charge in [0, 0.05) is 10.6 Å². The summed E-state index contributed by atoms with van der Waals surface area (Å²) in [5.74, 6) is 0.146. The molecule has 0 saturated carbocycles. The second kappa shape index (κ2) is 4.42. The highest BCUT2D eigenvalue weighted by Gasteiger charge is 2.26. The minimum atomic E-state index is -3.04. The van der Waals surface area contributed by atoms with Crippen molar-refractivity contribution < 1.29 is 8.42 Å². The first-order chi connectivity index (χ1) is 6.49. The monoisotopic (exact) mass is 233 g/mol. The highest BCUT2D eigenvalue weighted by molar-refractivity contribution is 7.92. The van der Waals surface area contributed by atoms with E-state index in [0.717, 1.165) is 4.88 Å². The van der Waals surface area contributed by atoms with Crippen molar-refractivity contribution in [2.45, 2.75) is 25.1 Å². The van der Waals surface area contributed by atoms with Crippen LogP contribution in [0.25, 0.3) is 0 Å². The molecule has 0 aliphatic rings. The van der Waals surface area contributed by atoms with Gasteiger partial charge in [-0.3, -0.25) is 0 Å². The molecule has 1 aromatic rings. The maximum Gasteiger partial charge on any atom is 0.154 e. The Hall–Kier alpha value is -0.390. The normalized spacial score (nSPS) is 16.5. The third-order valence-electron chi connectivity index (χ3n) is 2.35. The molecule has 3 nitrogen and oxygen atoms in total. The van der Waals surface area contributed by atoms with E-state index in [0.29, 0.717) is 0 Å². The Morgan fingerprint density at radius 3 is 2.64 bits per heavy atom. The fourth-order valence-corrected chi connectivity index (χ4v) is 3.24. The standard InChI is InChI=1S/C9H15NO2S2/c1-3-14(11,12)7(2)9(10)8-5-4-6-13-8/h4-7,9H,3,10H2,1-2H3. The number of hydrogen-bond acceptors (Lipinski definition) is 4. The van der Waals surface area contributed by atoms with Crippen molar-refractivity contribution in [2.75, 3.05) is 5.75 Å². The van der Waals surface area contributed by atoms with Crippen molar-refractivity contribution in [3.8, 4) is 0 Å². The fraction of sp³-hybridized carbons (Fsp3) is 0.556. The van der Waals surface area contributed by atoms with Gasteiger partial charge in [-0.25, -0.2) is 8.42 Å². The molecule has 2 N–H and O–H groups in total. The Morgan fingerprint density at radius 1 is 1.57 bits per heavy atom. The van der Waals surface area contributed by atoms with E-state index < -0.39 is 21.1 Å². The molecule has 1 aromatic heterocycles. The minimum Gasteiger partial charge on any atom is -0.322 e. The Balaban J connectivity index is 2.86. The molecule has 14 heavy (non-hydrogen) atoms. The topological polar surface area (TPSA) is 60.2 Å². The Morgan fingerprint density at radius 2 is 2.21 bits per heavy atom. The second-order valence-electron chi connectivity index (χ2n) is 3.20. The molecule has 1 heterocycles. The van der Waals surface area contributed by atoms with Crippen LogP contribution in [0.15, 0.2) is 17.5 Å². The second-order valence-corrected chi connectivity index (χ2v) is 6.82. The van der Waals surface area contributed by atoms with Crippen LogP contribution in [-0.2, 0) is 9.84 Å². The van der Waals surface area contributed by atoms with Gasteiger partial charge in [-0.2, -0.15) is 0 Å². The first kappa shape index (κ1) is 11.7. The summed E-state index contributed by atoms with van der Waals surface area (Å²) in [6.45, 7) is 3.32. The third kappa shape index (κ3) is 2.34. The van der Waals surface area contributed by atoms with Crippen LogP contribution in [0.1, 0.15) is 24.8 Å². The maximum atomic E-state index is 11.6.